The molecule has 1 aliphatic carbocycles. The van der Waals surface area contributed by atoms with E-state index in [-0.39, 0.29) is 12.5 Å². The Bertz CT molecular complexity index is 698. The van der Waals surface area contributed by atoms with E-state index in [4.69, 9.17) is 9.47 Å². The largest absolute Gasteiger partial charge is 0.497 e. The molecule has 2 aromatic rings. The average Bonchev–Trinajstić information content (AvgIpc) is 3.43. The van der Waals surface area contributed by atoms with Crippen molar-refractivity contribution in [2.45, 2.75) is 25.4 Å². The Morgan fingerprint density at radius 1 is 1.17 bits per heavy atom. The highest BCUT2D eigenvalue weighted by molar-refractivity contribution is 9.10. The van der Waals surface area contributed by atoms with Crippen molar-refractivity contribution in [3.63, 3.8) is 0 Å². The summed E-state index contributed by atoms with van der Waals surface area (Å²) in [5.41, 5.74) is 1.10. The van der Waals surface area contributed by atoms with Gasteiger partial charge < -0.3 is 14.4 Å². The Morgan fingerprint density at radius 2 is 1.92 bits per heavy atom. The summed E-state index contributed by atoms with van der Waals surface area (Å²) in [6.07, 6.45) is 2.14. The van der Waals surface area contributed by atoms with Crippen molar-refractivity contribution in [1.29, 1.82) is 0 Å². The molecule has 24 heavy (non-hydrogen) atoms. The van der Waals surface area contributed by atoms with Gasteiger partial charge in [-0.2, -0.15) is 0 Å². The van der Waals surface area contributed by atoms with Gasteiger partial charge in [0, 0.05) is 17.1 Å². The number of halogens is 1. The molecule has 0 heterocycles. The summed E-state index contributed by atoms with van der Waals surface area (Å²) < 4.78 is 11.7. The molecule has 2 aromatic carbocycles. The van der Waals surface area contributed by atoms with Crippen LogP contribution < -0.4 is 9.47 Å². The van der Waals surface area contributed by atoms with Crippen molar-refractivity contribution >= 4 is 21.8 Å². The highest BCUT2D eigenvalue weighted by atomic mass is 79.9. The molecule has 0 atom stereocenters. The molecule has 1 fully saturated rings. The second-order valence-electron chi connectivity index (χ2n) is 5.85. The lowest BCUT2D eigenvalue weighted by Gasteiger charge is -2.23. The molecule has 0 N–H and O–H groups in total. The molecule has 0 aliphatic heterocycles. The summed E-state index contributed by atoms with van der Waals surface area (Å²) >= 11 is 3.40. The fourth-order valence-corrected chi connectivity index (χ4v) is 2.90. The van der Waals surface area contributed by atoms with Crippen LogP contribution in [0.25, 0.3) is 0 Å². The number of hydrogen-bond donors (Lipinski definition) is 0. The fourth-order valence-electron chi connectivity index (χ4n) is 2.52. The number of carbonyl (C=O) groups is 1. The number of amides is 1. The first kappa shape index (κ1) is 16.8. The third-order valence-electron chi connectivity index (χ3n) is 3.98. The molecule has 0 unspecified atom stereocenters. The van der Waals surface area contributed by atoms with Crippen LogP contribution in [0.1, 0.15) is 18.4 Å². The van der Waals surface area contributed by atoms with Gasteiger partial charge in [0.05, 0.1) is 7.11 Å². The fraction of sp³-hybridized carbons (Fsp3) is 0.316. The van der Waals surface area contributed by atoms with Crippen molar-refractivity contribution in [3.8, 4) is 11.5 Å². The van der Waals surface area contributed by atoms with E-state index in [0.29, 0.717) is 18.3 Å². The molecule has 1 aliphatic rings. The van der Waals surface area contributed by atoms with Crippen LogP contribution in [0.5, 0.6) is 11.5 Å². The van der Waals surface area contributed by atoms with E-state index in [2.05, 4.69) is 15.9 Å². The molecule has 0 radical (unpaired) electrons. The van der Waals surface area contributed by atoms with Gasteiger partial charge in [0.1, 0.15) is 11.5 Å². The molecule has 0 aromatic heterocycles. The smallest absolute Gasteiger partial charge is 0.261 e. The highest BCUT2D eigenvalue weighted by Crippen LogP contribution is 2.29. The Kier molecular flexibility index (Phi) is 5.41. The Labute approximate surface area is 150 Å². The van der Waals surface area contributed by atoms with Crippen molar-refractivity contribution in [2.75, 3.05) is 13.7 Å². The van der Waals surface area contributed by atoms with Gasteiger partial charge in [-0.1, -0.05) is 34.1 Å². The Balaban J connectivity index is 1.61. The maximum absolute atomic E-state index is 12.6. The van der Waals surface area contributed by atoms with Gasteiger partial charge in [-0.25, -0.2) is 0 Å². The number of hydrogen-bond acceptors (Lipinski definition) is 3. The zero-order valence-electron chi connectivity index (χ0n) is 13.6. The van der Waals surface area contributed by atoms with Crippen LogP contribution in [0.2, 0.25) is 0 Å². The number of benzene rings is 2. The van der Waals surface area contributed by atoms with Crippen LogP contribution in [-0.4, -0.2) is 30.6 Å². The van der Waals surface area contributed by atoms with Crippen LogP contribution in [-0.2, 0) is 11.3 Å². The second-order valence-corrected chi connectivity index (χ2v) is 6.76. The van der Waals surface area contributed by atoms with Gasteiger partial charge in [0.2, 0.25) is 0 Å². The van der Waals surface area contributed by atoms with Crippen molar-refractivity contribution in [3.05, 3.63) is 58.6 Å². The molecule has 0 spiro atoms. The normalized spacial score (nSPS) is 13.4. The average molecular weight is 390 g/mol. The predicted molar refractivity (Wildman–Crippen MR) is 96.2 cm³/mol. The lowest BCUT2D eigenvalue weighted by Crippen LogP contribution is -2.36. The second kappa shape index (κ2) is 7.71. The quantitative estimate of drug-likeness (QED) is 0.717. The molecule has 126 valence electrons. The number of nitrogens with zero attached hydrogens (tertiary/aromatic N) is 1. The number of ether oxygens (including phenoxy) is 2. The first-order valence-corrected chi connectivity index (χ1v) is 8.76. The predicted octanol–water partition coefficient (Wildman–Crippen LogP) is 4.03. The van der Waals surface area contributed by atoms with Gasteiger partial charge in [0.25, 0.3) is 5.91 Å². The van der Waals surface area contributed by atoms with Gasteiger partial charge in [0.15, 0.2) is 6.61 Å². The number of rotatable bonds is 7. The zero-order chi connectivity index (χ0) is 16.9. The molecular formula is C19H20BrNO3. The van der Waals surface area contributed by atoms with Crippen LogP contribution in [0, 0.1) is 0 Å². The summed E-state index contributed by atoms with van der Waals surface area (Å²) in [5.74, 6) is 1.53. The first-order chi connectivity index (χ1) is 11.7. The van der Waals surface area contributed by atoms with E-state index in [1.54, 1.807) is 7.11 Å². The lowest BCUT2D eigenvalue weighted by molar-refractivity contribution is -0.134. The zero-order valence-corrected chi connectivity index (χ0v) is 15.2. The molecule has 0 bridgehead atoms. The monoisotopic (exact) mass is 389 g/mol. The molecular weight excluding hydrogens is 370 g/mol. The van der Waals surface area contributed by atoms with E-state index in [1.807, 2.05) is 53.4 Å². The summed E-state index contributed by atoms with van der Waals surface area (Å²) in [4.78, 5) is 14.5. The van der Waals surface area contributed by atoms with Gasteiger partial charge in [-0.15, -0.1) is 0 Å². The minimum absolute atomic E-state index is 0.0216. The lowest BCUT2D eigenvalue weighted by atomic mass is 10.2. The van der Waals surface area contributed by atoms with Crippen molar-refractivity contribution in [2.24, 2.45) is 0 Å². The summed E-state index contributed by atoms with van der Waals surface area (Å²) in [6, 6.07) is 15.7. The summed E-state index contributed by atoms with van der Waals surface area (Å²) in [7, 11) is 1.65. The van der Waals surface area contributed by atoms with Crippen molar-refractivity contribution in [1.82, 2.24) is 4.90 Å². The van der Waals surface area contributed by atoms with E-state index >= 15 is 0 Å². The Morgan fingerprint density at radius 3 is 2.54 bits per heavy atom. The topological polar surface area (TPSA) is 38.8 Å². The van der Waals surface area contributed by atoms with Gasteiger partial charge in [-0.05, 0) is 48.7 Å². The van der Waals surface area contributed by atoms with E-state index < -0.39 is 0 Å². The van der Waals surface area contributed by atoms with Gasteiger partial charge in [-0.3, -0.25) is 4.79 Å². The molecule has 1 saturated carbocycles. The third-order valence-corrected chi connectivity index (χ3v) is 4.47. The third kappa shape index (κ3) is 4.51. The standard InChI is InChI=1S/C19H20BrNO3/c1-23-17-9-5-14(6-10-17)12-21(16-7-8-16)19(22)13-24-18-4-2-3-15(20)11-18/h2-6,9-11,16H,7-8,12-13H2,1H3. The van der Waals surface area contributed by atoms with Crippen LogP contribution >= 0.6 is 15.9 Å². The van der Waals surface area contributed by atoms with E-state index in [1.165, 1.54) is 0 Å². The number of carbonyl (C=O) groups excluding carboxylic acids is 1. The SMILES string of the molecule is COc1ccc(CN(C(=O)COc2cccc(Br)c2)C2CC2)cc1. The molecule has 5 heteroatoms. The van der Waals surface area contributed by atoms with E-state index in [9.17, 15) is 4.79 Å². The summed E-state index contributed by atoms with van der Waals surface area (Å²) in [6.45, 7) is 0.665. The van der Waals surface area contributed by atoms with Crippen LogP contribution in [0.4, 0.5) is 0 Å². The first-order valence-electron chi connectivity index (χ1n) is 7.96. The Hall–Kier alpha value is -2.01. The molecule has 3 rings (SSSR count). The van der Waals surface area contributed by atoms with Crippen LogP contribution in [0.3, 0.4) is 0 Å². The van der Waals surface area contributed by atoms with Crippen LogP contribution in [0.15, 0.2) is 53.0 Å². The molecule has 1 amide bonds. The molecule has 4 nitrogen and oxygen atoms in total. The summed E-state index contributed by atoms with van der Waals surface area (Å²) in [5, 5.41) is 0. The van der Waals surface area contributed by atoms with E-state index in [0.717, 1.165) is 28.6 Å². The molecule has 0 saturated heterocycles. The highest BCUT2D eigenvalue weighted by Gasteiger charge is 2.32. The maximum Gasteiger partial charge on any atom is 0.261 e. The maximum atomic E-state index is 12.6. The number of methoxy groups -OCH3 is 1. The van der Waals surface area contributed by atoms with Gasteiger partial charge >= 0.3 is 0 Å². The minimum Gasteiger partial charge on any atom is -0.497 e. The van der Waals surface area contributed by atoms with Crippen molar-refractivity contribution < 1.29 is 14.3 Å². The minimum atomic E-state index is 0.0216.